The molecule has 0 spiro atoms. The third kappa shape index (κ3) is 2.07. The van der Waals surface area contributed by atoms with E-state index in [-0.39, 0.29) is 0 Å². The molecular formula is C13H15F3N2. The zero-order valence-corrected chi connectivity index (χ0v) is 9.87. The molecule has 2 nitrogen and oxygen atoms in total. The number of halogens is 3. The first-order valence-electron chi connectivity index (χ1n) is 6.17. The quantitative estimate of drug-likeness (QED) is 0.829. The molecule has 2 heterocycles. The fraction of sp³-hybridized carbons (Fsp3) is 0.538. The van der Waals surface area contributed by atoms with Gasteiger partial charge in [-0.15, -0.1) is 0 Å². The zero-order chi connectivity index (χ0) is 12.8. The van der Waals surface area contributed by atoms with Crippen LogP contribution in [0.4, 0.5) is 18.9 Å². The molecule has 0 aliphatic carbocycles. The molecular weight excluding hydrogens is 241 g/mol. The third-order valence-corrected chi connectivity index (χ3v) is 3.95. The second-order valence-electron chi connectivity index (χ2n) is 5.13. The number of benzene rings is 1. The molecule has 98 valence electrons. The van der Waals surface area contributed by atoms with E-state index >= 15 is 0 Å². The Hall–Kier alpha value is -1.23. The minimum atomic E-state index is -4.25. The molecule has 1 aromatic carbocycles. The monoisotopic (exact) mass is 256 g/mol. The average molecular weight is 256 g/mol. The van der Waals surface area contributed by atoms with E-state index in [1.54, 1.807) is 12.1 Å². The van der Waals surface area contributed by atoms with Crippen molar-refractivity contribution in [2.75, 3.05) is 31.1 Å². The highest BCUT2D eigenvalue weighted by atomic mass is 19.4. The van der Waals surface area contributed by atoms with Crippen molar-refractivity contribution < 1.29 is 13.2 Å². The Morgan fingerprint density at radius 1 is 1.00 bits per heavy atom. The molecule has 2 aliphatic heterocycles. The van der Waals surface area contributed by atoms with Gasteiger partial charge >= 0.3 is 6.18 Å². The van der Waals surface area contributed by atoms with Crippen LogP contribution < -0.4 is 10.2 Å². The maximum atomic E-state index is 12.5. The lowest BCUT2D eigenvalue weighted by Crippen LogP contribution is -2.25. The van der Waals surface area contributed by atoms with Crippen molar-refractivity contribution in [1.29, 1.82) is 0 Å². The maximum absolute atomic E-state index is 12.5. The Morgan fingerprint density at radius 2 is 1.56 bits per heavy atom. The van der Waals surface area contributed by atoms with Crippen LogP contribution in [0.1, 0.15) is 5.56 Å². The van der Waals surface area contributed by atoms with Crippen LogP contribution in [0.3, 0.4) is 0 Å². The molecule has 0 aromatic heterocycles. The first-order valence-corrected chi connectivity index (χ1v) is 6.17. The fourth-order valence-corrected chi connectivity index (χ4v) is 2.93. The molecule has 18 heavy (non-hydrogen) atoms. The van der Waals surface area contributed by atoms with Gasteiger partial charge in [-0.2, -0.15) is 13.2 Å². The molecule has 1 aromatic rings. The van der Waals surface area contributed by atoms with Crippen LogP contribution in [-0.4, -0.2) is 26.2 Å². The number of hydrogen-bond acceptors (Lipinski definition) is 2. The summed E-state index contributed by atoms with van der Waals surface area (Å²) in [5.74, 6) is 1.29. The number of nitrogens with one attached hydrogen (secondary N) is 1. The van der Waals surface area contributed by atoms with Gasteiger partial charge in [0.25, 0.3) is 0 Å². The van der Waals surface area contributed by atoms with Crippen molar-refractivity contribution in [3.05, 3.63) is 29.8 Å². The van der Waals surface area contributed by atoms with Gasteiger partial charge in [-0.3, -0.25) is 0 Å². The highest BCUT2D eigenvalue weighted by molar-refractivity contribution is 5.49. The summed E-state index contributed by atoms with van der Waals surface area (Å²) in [6.45, 7) is 3.95. The molecule has 5 heteroatoms. The molecule has 0 saturated carbocycles. The third-order valence-electron chi connectivity index (χ3n) is 3.95. The maximum Gasteiger partial charge on any atom is 0.416 e. The van der Waals surface area contributed by atoms with Crippen molar-refractivity contribution in [3.8, 4) is 0 Å². The van der Waals surface area contributed by atoms with Crippen molar-refractivity contribution in [1.82, 2.24) is 5.32 Å². The summed E-state index contributed by atoms with van der Waals surface area (Å²) >= 11 is 0. The van der Waals surface area contributed by atoms with E-state index in [0.29, 0.717) is 11.8 Å². The van der Waals surface area contributed by atoms with Gasteiger partial charge < -0.3 is 10.2 Å². The summed E-state index contributed by atoms with van der Waals surface area (Å²) in [7, 11) is 0. The van der Waals surface area contributed by atoms with Gasteiger partial charge in [-0.25, -0.2) is 0 Å². The van der Waals surface area contributed by atoms with E-state index in [0.717, 1.165) is 31.9 Å². The summed E-state index contributed by atoms with van der Waals surface area (Å²) in [5, 5.41) is 3.35. The highest BCUT2D eigenvalue weighted by Crippen LogP contribution is 2.33. The summed E-state index contributed by atoms with van der Waals surface area (Å²) in [6.07, 6.45) is -4.25. The smallest absolute Gasteiger partial charge is 0.371 e. The van der Waals surface area contributed by atoms with Crippen molar-refractivity contribution in [2.45, 2.75) is 6.18 Å². The van der Waals surface area contributed by atoms with Crippen molar-refractivity contribution >= 4 is 5.69 Å². The molecule has 2 unspecified atom stereocenters. The predicted octanol–water partition coefficient (Wildman–Crippen LogP) is 2.36. The van der Waals surface area contributed by atoms with Crippen LogP contribution >= 0.6 is 0 Å². The average Bonchev–Trinajstić information content (AvgIpc) is 2.88. The minimum absolute atomic E-state index is 0.577. The van der Waals surface area contributed by atoms with Crippen LogP contribution in [0.2, 0.25) is 0 Å². The van der Waals surface area contributed by atoms with Crippen molar-refractivity contribution in [3.63, 3.8) is 0 Å². The normalized spacial score (nSPS) is 27.6. The molecule has 0 radical (unpaired) electrons. The van der Waals surface area contributed by atoms with E-state index < -0.39 is 11.7 Å². The molecule has 2 saturated heterocycles. The molecule has 3 rings (SSSR count). The molecule has 2 fully saturated rings. The predicted molar refractivity (Wildman–Crippen MR) is 63.5 cm³/mol. The van der Waals surface area contributed by atoms with Gasteiger partial charge in [0, 0.05) is 31.9 Å². The van der Waals surface area contributed by atoms with E-state index in [2.05, 4.69) is 10.2 Å². The number of anilines is 1. The minimum Gasteiger partial charge on any atom is -0.371 e. The number of nitrogens with zero attached hydrogens (tertiary/aromatic N) is 1. The second-order valence-corrected chi connectivity index (χ2v) is 5.13. The Morgan fingerprint density at radius 3 is 2.06 bits per heavy atom. The molecule has 2 aliphatic rings. The van der Waals surface area contributed by atoms with Crippen LogP contribution in [0, 0.1) is 11.8 Å². The van der Waals surface area contributed by atoms with Crippen LogP contribution in [0.25, 0.3) is 0 Å². The van der Waals surface area contributed by atoms with Crippen LogP contribution in [0.5, 0.6) is 0 Å². The highest BCUT2D eigenvalue weighted by Gasteiger charge is 2.36. The number of hydrogen-bond donors (Lipinski definition) is 1. The summed E-state index contributed by atoms with van der Waals surface area (Å²) in [4.78, 5) is 2.19. The van der Waals surface area contributed by atoms with E-state index in [9.17, 15) is 13.2 Å². The van der Waals surface area contributed by atoms with Gasteiger partial charge in [0.2, 0.25) is 0 Å². The molecule has 0 amide bonds. The lowest BCUT2D eigenvalue weighted by atomic mass is 10.0. The first-order chi connectivity index (χ1) is 8.54. The Kier molecular flexibility index (Phi) is 2.73. The largest absolute Gasteiger partial charge is 0.416 e. The number of alkyl halides is 3. The Bertz CT molecular complexity index is 415. The molecule has 2 atom stereocenters. The van der Waals surface area contributed by atoms with Gasteiger partial charge in [-0.1, -0.05) is 0 Å². The summed E-state index contributed by atoms with van der Waals surface area (Å²) in [6, 6.07) is 5.50. The number of fused-ring (bicyclic) bond motifs is 1. The van der Waals surface area contributed by atoms with Gasteiger partial charge in [0.05, 0.1) is 5.56 Å². The van der Waals surface area contributed by atoms with E-state index in [1.165, 1.54) is 12.1 Å². The topological polar surface area (TPSA) is 15.3 Å². The zero-order valence-electron chi connectivity index (χ0n) is 9.87. The van der Waals surface area contributed by atoms with Crippen molar-refractivity contribution in [2.24, 2.45) is 11.8 Å². The molecule has 0 bridgehead atoms. The summed E-state index contributed by atoms with van der Waals surface area (Å²) < 4.78 is 37.4. The second kappa shape index (κ2) is 4.16. The van der Waals surface area contributed by atoms with Gasteiger partial charge in [-0.05, 0) is 36.1 Å². The van der Waals surface area contributed by atoms with Crippen LogP contribution in [-0.2, 0) is 6.18 Å². The van der Waals surface area contributed by atoms with Crippen LogP contribution in [0.15, 0.2) is 24.3 Å². The first kappa shape index (κ1) is 11.8. The fourth-order valence-electron chi connectivity index (χ4n) is 2.93. The number of rotatable bonds is 1. The lowest BCUT2D eigenvalue weighted by molar-refractivity contribution is -0.137. The Labute approximate surface area is 104 Å². The van der Waals surface area contributed by atoms with Gasteiger partial charge in [0.1, 0.15) is 0 Å². The van der Waals surface area contributed by atoms with E-state index in [1.807, 2.05) is 0 Å². The standard InChI is InChI=1S/C13H15F3N2/c14-13(15,16)11-1-3-12(4-2-11)18-7-9-5-17-6-10(9)8-18/h1-4,9-10,17H,5-8H2. The van der Waals surface area contributed by atoms with E-state index in [4.69, 9.17) is 0 Å². The molecule has 1 N–H and O–H groups in total. The van der Waals surface area contributed by atoms with Gasteiger partial charge in [0.15, 0.2) is 0 Å². The summed E-state index contributed by atoms with van der Waals surface area (Å²) in [5.41, 5.74) is 0.324. The Balaban J connectivity index is 1.74. The lowest BCUT2D eigenvalue weighted by Gasteiger charge is -2.20. The SMILES string of the molecule is FC(F)(F)c1ccc(N2CC3CNCC3C2)cc1.